The smallest absolute Gasteiger partial charge is 0.301 e. The van der Waals surface area contributed by atoms with Gasteiger partial charge in [0.25, 0.3) is 5.78 Å². The van der Waals surface area contributed by atoms with Crippen LogP contribution in [0.25, 0.3) is 5.76 Å². The van der Waals surface area contributed by atoms with Gasteiger partial charge in [-0.15, -0.1) is 10.2 Å². The Morgan fingerprint density at radius 3 is 2.70 bits per heavy atom. The number of rotatable bonds is 6. The van der Waals surface area contributed by atoms with E-state index in [1.165, 1.54) is 33.6 Å². The maximum atomic E-state index is 13.5. The first-order valence-corrected chi connectivity index (χ1v) is 14.8. The standard InChI is InChI=1S/C30H24ClN3O4S2/c1-16-6-8-18(9-7-16)15-39-30-33-32-29(40-30)34-25(19-4-3-5-22(31)14-19)24(27(36)28(34)37)26(35)20-10-11-23-21(13-20)12-17(2)38-23/h3-11,13-14,17,25,35H,12,15H2,1-2H3/b26-24-. The molecule has 202 valence electrons. The number of ketones is 1. The Morgan fingerprint density at radius 1 is 1.12 bits per heavy atom. The van der Waals surface area contributed by atoms with E-state index in [0.717, 1.165) is 16.9 Å². The van der Waals surface area contributed by atoms with Crippen molar-refractivity contribution in [2.75, 3.05) is 4.90 Å². The van der Waals surface area contributed by atoms with Crippen molar-refractivity contribution in [2.45, 2.75) is 42.5 Å². The summed E-state index contributed by atoms with van der Waals surface area (Å²) in [6.45, 7) is 4.01. The van der Waals surface area contributed by atoms with Crippen molar-refractivity contribution in [3.8, 4) is 5.75 Å². The van der Waals surface area contributed by atoms with Gasteiger partial charge in [-0.2, -0.15) is 0 Å². The van der Waals surface area contributed by atoms with E-state index >= 15 is 0 Å². The molecule has 3 aromatic carbocycles. The molecule has 0 spiro atoms. The number of carbonyl (C=O) groups is 2. The lowest BCUT2D eigenvalue weighted by atomic mass is 9.94. The molecule has 2 aliphatic heterocycles. The normalized spacial score (nSPS) is 19.6. The van der Waals surface area contributed by atoms with E-state index in [0.29, 0.717) is 32.7 Å². The van der Waals surface area contributed by atoms with Crippen molar-refractivity contribution in [3.63, 3.8) is 0 Å². The molecule has 1 amide bonds. The van der Waals surface area contributed by atoms with Gasteiger partial charge < -0.3 is 9.84 Å². The summed E-state index contributed by atoms with van der Waals surface area (Å²) in [7, 11) is 0. The number of aryl methyl sites for hydroxylation is 1. The molecule has 0 radical (unpaired) electrons. The molecule has 2 atom stereocenters. The fourth-order valence-electron chi connectivity index (χ4n) is 4.93. The molecule has 1 N–H and O–H groups in total. The van der Waals surface area contributed by atoms with Gasteiger partial charge in [-0.3, -0.25) is 14.5 Å². The number of fused-ring (bicyclic) bond motifs is 1. The van der Waals surface area contributed by atoms with Crippen LogP contribution in [0.5, 0.6) is 5.75 Å². The summed E-state index contributed by atoms with van der Waals surface area (Å²) in [5.74, 6) is -0.397. The predicted molar refractivity (Wildman–Crippen MR) is 157 cm³/mol. The molecule has 6 rings (SSSR count). The topological polar surface area (TPSA) is 92.6 Å². The Bertz CT molecular complexity index is 1670. The second kappa shape index (κ2) is 10.7. The molecule has 0 aliphatic carbocycles. The summed E-state index contributed by atoms with van der Waals surface area (Å²) in [4.78, 5) is 28.3. The van der Waals surface area contributed by atoms with Crippen molar-refractivity contribution in [1.29, 1.82) is 0 Å². The summed E-state index contributed by atoms with van der Waals surface area (Å²) in [6.07, 6.45) is 0.718. The highest BCUT2D eigenvalue weighted by molar-refractivity contribution is 8.00. The Labute approximate surface area is 244 Å². The zero-order chi connectivity index (χ0) is 28.0. The first kappa shape index (κ1) is 26.6. The van der Waals surface area contributed by atoms with Gasteiger partial charge in [-0.1, -0.05) is 76.7 Å². The van der Waals surface area contributed by atoms with Crippen molar-refractivity contribution >= 4 is 57.3 Å². The highest BCUT2D eigenvalue weighted by atomic mass is 35.5. The number of Topliss-reactive ketones (excluding diaryl/α,β-unsaturated/α-hetero) is 1. The number of benzene rings is 3. The fraction of sp³-hybridized carbons (Fsp3) is 0.200. The van der Waals surface area contributed by atoms with Crippen LogP contribution in [0.2, 0.25) is 5.02 Å². The van der Waals surface area contributed by atoms with Crippen LogP contribution in [-0.2, 0) is 21.8 Å². The second-order valence-electron chi connectivity index (χ2n) is 9.80. The summed E-state index contributed by atoms with van der Waals surface area (Å²) >= 11 is 9.05. The van der Waals surface area contributed by atoms with Crippen LogP contribution in [0.1, 0.15) is 40.8 Å². The number of halogens is 1. The minimum absolute atomic E-state index is 0.0248. The molecule has 3 heterocycles. The van der Waals surface area contributed by atoms with Gasteiger partial charge in [-0.05, 0) is 60.9 Å². The van der Waals surface area contributed by atoms with Gasteiger partial charge in [0.1, 0.15) is 17.6 Å². The number of amides is 1. The molecule has 2 unspecified atom stereocenters. The van der Waals surface area contributed by atoms with Gasteiger partial charge in [0.15, 0.2) is 4.34 Å². The van der Waals surface area contributed by atoms with E-state index in [1.54, 1.807) is 42.5 Å². The second-order valence-corrected chi connectivity index (χ2v) is 12.4. The zero-order valence-corrected chi connectivity index (χ0v) is 24.0. The molecule has 0 saturated carbocycles. The first-order valence-electron chi connectivity index (χ1n) is 12.7. The molecule has 1 saturated heterocycles. The van der Waals surface area contributed by atoms with Gasteiger partial charge in [-0.25, -0.2) is 0 Å². The largest absolute Gasteiger partial charge is 0.507 e. The molecule has 1 fully saturated rings. The van der Waals surface area contributed by atoms with Crippen LogP contribution in [-0.4, -0.2) is 33.1 Å². The van der Waals surface area contributed by atoms with Crippen LogP contribution in [0.3, 0.4) is 0 Å². The SMILES string of the molecule is Cc1ccc(CSc2nnc(N3C(=O)C(=O)/C(=C(\O)c4ccc5c(c4)CC(C)O5)C3c3cccc(Cl)c3)s2)cc1. The Balaban J connectivity index is 1.38. The Hall–Kier alpha value is -3.66. The third-order valence-corrected chi connectivity index (χ3v) is 9.23. The van der Waals surface area contributed by atoms with Gasteiger partial charge >= 0.3 is 5.91 Å². The van der Waals surface area contributed by atoms with E-state index in [2.05, 4.69) is 34.5 Å². The number of nitrogens with zero attached hydrogens (tertiary/aromatic N) is 3. The first-order chi connectivity index (χ1) is 19.3. The summed E-state index contributed by atoms with van der Waals surface area (Å²) < 4.78 is 6.44. The van der Waals surface area contributed by atoms with Crippen molar-refractivity contribution < 1.29 is 19.4 Å². The van der Waals surface area contributed by atoms with E-state index in [1.807, 2.05) is 13.8 Å². The van der Waals surface area contributed by atoms with Gasteiger partial charge in [0.05, 0.1) is 11.6 Å². The molecular formula is C30H24ClN3O4S2. The number of ether oxygens (including phenoxy) is 1. The van der Waals surface area contributed by atoms with Gasteiger partial charge in [0.2, 0.25) is 5.13 Å². The number of hydrogen-bond acceptors (Lipinski definition) is 8. The summed E-state index contributed by atoms with van der Waals surface area (Å²) in [6, 6.07) is 19.5. The summed E-state index contributed by atoms with van der Waals surface area (Å²) in [5, 5.41) is 20.7. The minimum Gasteiger partial charge on any atom is -0.507 e. The minimum atomic E-state index is -0.926. The van der Waals surface area contributed by atoms with Crippen molar-refractivity contribution in [3.05, 3.63) is 105 Å². The van der Waals surface area contributed by atoms with Crippen molar-refractivity contribution in [1.82, 2.24) is 10.2 Å². The lowest BCUT2D eigenvalue weighted by molar-refractivity contribution is -0.132. The molecule has 0 bridgehead atoms. The number of hydrogen-bond donors (Lipinski definition) is 1. The number of aliphatic hydroxyl groups is 1. The zero-order valence-electron chi connectivity index (χ0n) is 21.6. The third kappa shape index (κ3) is 5.00. The molecule has 1 aromatic heterocycles. The van der Waals surface area contributed by atoms with Gasteiger partial charge in [0, 0.05) is 22.8 Å². The molecular weight excluding hydrogens is 566 g/mol. The van der Waals surface area contributed by atoms with Crippen LogP contribution in [0.15, 0.2) is 76.6 Å². The van der Waals surface area contributed by atoms with E-state index in [9.17, 15) is 14.7 Å². The quantitative estimate of drug-likeness (QED) is 0.0875. The number of thioether (sulfide) groups is 1. The molecule has 40 heavy (non-hydrogen) atoms. The highest BCUT2D eigenvalue weighted by Crippen LogP contribution is 2.45. The molecule has 10 heteroatoms. The lowest BCUT2D eigenvalue weighted by Gasteiger charge is -2.22. The van der Waals surface area contributed by atoms with Crippen molar-refractivity contribution in [2.24, 2.45) is 0 Å². The number of aliphatic hydroxyl groups excluding tert-OH is 1. The average Bonchev–Trinajstić information content (AvgIpc) is 3.63. The summed E-state index contributed by atoms with van der Waals surface area (Å²) in [5.41, 5.74) is 4.25. The fourth-order valence-corrected chi connectivity index (χ4v) is 6.96. The van der Waals surface area contributed by atoms with Crippen LogP contribution >= 0.6 is 34.7 Å². The number of anilines is 1. The van der Waals surface area contributed by atoms with E-state index in [4.69, 9.17) is 16.3 Å². The average molecular weight is 590 g/mol. The van der Waals surface area contributed by atoms with E-state index in [-0.39, 0.29) is 22.6 Å². The molecule has 7 nitrogen and oxygen atoms in total. The maximum absolute atomic E-state index is 13.5. The highest BCUT2D eigenvalue weighted by Gasteiger charge is 2.48. The van der Waals surface area contributed by atoms with Crippen LogP contribution in [0, 0.1) is 6.92 Å². The number of aromatic nitrogens is 2. The van der Waals surface area contributed by atoms with Crippen LogP contribution < -0.4 is 9.64 Å². The lowest BCUT2D eigenvalue weighted by Crippen LogP contribution is -2.29. The van der Waals surface area contributed by atoms with Crippen LogP contribution in [0.4, 0.5) is 5.13 Å². The predicted octanol–water partition coefficient (Wildman–Crippen LogP) is 6.74. The third-order valence-electron chi connectivity index (χ3n) is 6.86. The Morgan fingerprint density at radius 2 is 1.93 bits per heavy atom. The maximum Gasteiger partial charge on any atom is 0.301 e. The molecule has 4 aromatic rings. The Kier molecular flexibility index (Phi) is 7.12. The monoisotopic (exact) mass is 589 g/mol. The number of carbonyl (C=O) groups excluding carboxylic acids is 2. The van der Waals surface area contributed by atoms with E-state index < -0.39 is 17.7 Å². The molecule has 2 aliphatic rings.